The Morgan fingerprint density at radius 1 is 1.06 bits per heavy atom. The molecule has 0 unspecified atom stereocenters. The molecule has 1 N–H and O–H groups in total. The number of esters is 1. The molecular formula is C27H25N5O3. The van der Waals surface area contributed by atoms with Crippen LogP contribution >= 0.6 is 0 Å². The molecule has 5 aromatic rings. The monoisotopic (exact) mass is 467 g/mol. The summed E-state index contributed by atoms with van der Waals surface area (Å²) in [7, 11) is 0. The number of aromatic amines is 1. The summed E-state index contributed by atoms with van der Waals surface area (Å²) in [4.78, 5) is 37.8. The molecule has 3 aromatic heterocycles. The van der Waals surface area contributed by atoms with Gasteiger partial charge in [-0.05, 0) is 45.4 Å². The Kier molecular flexibility index (Phi) is 5.64. The minimum Gasteiger partial charge on any atom is -0.454 e. The summed E-state index contributed by atoms with van der Waals surface area (Å²) in [5, 5.41) is 5.55. The van der Waals surface area contributed by atoms with Gasteiger partial charge in [0.1, 0.15) is 12.4 Å². The number of fused-ring (bicyclic) bond motifs is 2. The van der Waals surface area contributed by atoms with Gasteiger partial charge < -0.3 is 9.72 Å². The van der Waals surface area contributed by atoms with E-state index in [2.05, 4.69) is 15.1 Å². The Balaban J connectivity index is 1.53. The number of carbonyl (C=O) groups is 1. The van der Waals surface area contributed by atoms with Crippen LogP contribution in [0.1, 0.15) is 47.2 Å². The summed E-state index contributed by atoms with van der Waals surface area (Å²) in [6.07, 6.45) is 1.64. The van der Waals surface area contributed by atoms with Crippen LogP contribution in [0.5, 0.6) is 0 Å². The van der Waals surface area contributed by atoms with Crippen molar-refractivity contribution >= 4 is 27.9 Å². The maximum Gasteiger partial charge on any atom is 0.339 e. The van der Waals surface area contributed by atoms with Crippen molar-refractivity contribution in [2.75, 3.05) is 0 Å². The molecule has 0 atom stereocenters. The number of ether oxygens (including phenoxy) is 1. The summed E-state index contributed by atoms with van der Waals surface area (Å²) >= 11 is 0. The molecule has 0 fully saturated rings. The fraction of sp³-hybridized carbons (Fsp3) is 0.222. The van der Waals surface area contributed by atoms with Crippen LogP contribution < -0.4 is 5.56 Å². The molecule has 0 spiro atoms. The van der Waals surface area contributed by atoms with Gasteiger partial charge in [-0.3, -0.25) is 4.79 Å². The number of rotatable bonds is 5. The first kappa shape index (κ1) is 22.5. The van der Waals surface area contributed by atoms with E-state index in [1.54, 1.807) is 23.0 Å². The summed E-state index contributed by atoms with van der Waals surface area (Å²) in [6, 6.07) is 15.2. The van der Waals surface area contributed by atoms with Crippen molar-refractivity contribution in [3.63, 3.8) is 0 Å². The molecule has 3 heterocycles. The first-order chi connectivity index (χ1) is 16.8. The molecule has 5 rings (SSSR count). The van der Waals surface area contributed by atoms with Crippen molar-refractivity contribution in [3.05, 3.63) is 87.6 Å². The number of carbonyl (C=O) groups excluding carboxylic acids is 1. The highest BCUT2D eigenvalue weighted by Gasteiger charge is 2.20. The molecule has 35 heavy (non-hydrogen) atoms. The second-order valence-electron chi connectivity index (χ2n) is 8.90. The average molecular weight is 468 g/mol. The number of hydrogen-bond acceptors (Lipinski definition) is 6. The molecule has 8 nitrogen and oxygen atoms in total. The van der Waals surface area contributed by atoms with E-state index in [1.807, 2.05) is 64.1 Å². The number of hydrogen-bond donors (Lipinski definition) is 1. The van der Waals surface area contributed by atoms with Crippen molar-refractivity contribution in [1.82, 2.24) is 24.7 Å². The van der Waals surface area contributed by atoms with Crippen LogP contribution in [0.2, 0.25) is 0 Å². The maximum atomic E-state index is 13.3. The molecule has 0 aliphatic rings. The van der Waals surface area contributed by atoms with Gasteiger partial charge in [-0.2, -0.15) is 5.10 Å². The predicted molar refractivity (Wildman–Crippen MR) is 134 cm³/mol. The Labute approximate surface area is 201 Å². The number of nitrogens with one attached hydrogen (secondary N) is 1. The van der Waals surface area contributed by atoms with E-state index in [0.717, 1.165) is 16.7 Å². The first-order valence-electron chi connectivity index (χ1n) is 11.4. The van der Waals surface area contributed by atoms with Gasteiger partial charge in [-0.25, -0.2) is 19.4 Å². The van der Waals surface area contributed by atoms with Gasteiger partial charge >= 0.3 is 5.97 Å². The zero-order chi connectivity index (χ0) is 24.7. The van der Waals surface area contributed by atoms with Crippen LogP contribution in [0.25, 0.3) is 33.2 Å². The lowest BCUT2D eigenvalue weighted by atomic mass is 10.1. The van der Waals surface area contributed by atoms with Gasteiger partial charge in [0.25, 0.3) is 5.56 Å². The second-order valence-corrected chi connectivity index (χ2v) is 8.90. The van der Waals surface area contributed by atoms with E-state index < -0.39 is 5.97 Å². The topological polar surface area (TPSA) is 103 Å². The summed E-state index contributed by atoms with van der Waals surface area (Å²) in [6.45, 7) is 7.75. The molecule has 0 amide bonds. The fourth-order valence-electron chi connectivity index (χ4n) is 4.07. The van der Waals surface area contributed by atoms with E-state index in [0.29, 0.717) is 33.2 Å². The van der Waals surface area contributed by atoms with Gasteiger partial charge in [0.05, 0.1) is 33.7 Å². The van der Waals surface area contributed by atoms with Crippen LogP contribution in [0.4, 0.5) is 0 Å². The standard InChI is InChI=1S/C27H25N5O3/c1-15(2)32-25-21(13-28-32)20(12-22(29-25)18-10-8-16(3)9-11-18)27(34)35-14-23-30-24-17(4)6-5-7-19(24)26(33)31-23/h5-13,15H,14H2,1-4H3,(H,30,31,33). The van der Waals surface area contributed by atoms with E-state index in [1.165, 1.54) is 0 Å². The largest absolute Gasteiger partial charge is 0.454 e. The minimum absolute atomic E-state index is 0.0623. The van der Waals surface area contributed by atoms with Crippen LogP contribution in [0, 0.1) is 13.8 Å². The van der Waals surface area contributed by atoms with Gasteiger partial charge in [0, 0.05) is 11.6 Å². The first-order valence-corrected chi connectivity index (χ1v) is 11.4. The molecular weight excluding hydrogens is 442 g/mol. The molecule has 0 saturated carbocycles. The van der Waals surface area contributed by atoms with Crippen molar-refractivity contribution in [3.8, 4) is 11.3 Å². The SMILES string of the molecule is Cc1ccc(-c2cc(C(=O)OCc3nc4c(C)cccc4c(=O)[nH]3)c3cnn(C(C)C)c3n2)cc1. The summed E-state index contributed by atoms with van der Waals surface area (Å²) in [5.41, 5.74) is 4.84. The lowest BCUT2D eigenvalue weighted by molar-refractivity contribution is 0.0464. The summed E-state index contributed by atoms with van der Waals surface area (Å²) < 4.78 is 7.40. The third-order valence-electron chi connectivity index (χ3n) is 5.95. The van der Waals surface area contributed by atoms with Crippen molar-refractivity contribution in [2.45, 2.75) is 40.3 Å². The number of aromatic nitrogens is 5. The number of para-hydroxylation sites is 1. The molecule has 0 bridgehead atoms. The zero-order valence-corrected chi connectivity index (χ0v) is 20.0. The zero-order valence-electron chi connectivity index (χ0n) is 20.0. The lowest BCUT2D eigenvalue weighted by Gasteiger charge is -2.11. The molecule has 0 aliphatic heterocycles. The van der Waals surface area contributed by atoms with Crippen LogP contribution in [0.3, 0.4) is 0 Å². The smallest absolute Gasteiger partial charge is 0.339 e. The molecule has 8 heteroatoms. The number of H-pyrrole nitrogens is 1. The number of benzene rings is 2. The lowest BCUT2D eigenvalue weighted by Crippen LogP contribution is -2.15. The van der Waals surface area contributed by atoms with Crippen LogP contribution in [-0.2, 0) is 11.3 Å². The fourth-order valence-corrected chi connectivity index (χ4v) is 4.07. The highest BCUT2D eigenvalue weighted by Crippen LogP contribution is 2.27. The normalized spacial score (nSPS) is 11.5. The van der Waals surface area contributed by atoms with Gasteiger partial charge in [-0.1, -0.05) is 42.0 Å². The second kappa shape index (κ2) is 8.79. The third-order valence-corrected chi connectivity index (χ3v) is 5.95. The molecule has 0 saturated heterocycles. The van der Waals surface area contributed by atoms with Crippen molar-refractivity contribution in [2.24, 2.45) is 0 Å². The van der Waals surface area contributed by atoms with E-state index in [-0.39, 0.29) is 24.0 Å². The van der Waals surface area contributed by atoms with Crippen LogP contribution in [-0.4, -0.2) is 30.7 Å². The Hall–Kier alpha value is -4.33. The van der Waals surface area contributed by atoms with Crippen molar-refractivity contribution in [1.29, 1.82) is 0 Å². The maximum absolute atomic E-state index is 13.3. The van der Waals surface area contributed by atoms with Gasteiger partial charge in [-0.15, -0.1) is 0 Å². The quantitative estimate of drug-likeness (QED) is 0.369. The van der Waals surface area contributed by atoms with Gasteiger partial charge in [0.15, 0.2) is 5.65 Å². The number of nitrogens with zero attached hydrogens (tertiary/aromatic N) is 4. The Morgan fingerprint density at radius 2 is 1.83 bits per heavy atom. The van der Waals surface area contributed by atoms with Crippen LogP contribution in [0.15, 0.2) is 59.5 Å². The minimum atomic E-state index is -0.540. The Bertz CT molecular complexity index is 1630. The molecule has 2 aromatic carbocycles. The highest BCUT2D eigenvalue weighted by atomic mass is 16.5. The Morgan fingerprint density at radius 3 is 2.57 bits per heavy atom. The summed E-state index contributed by atoms with van der Waals surface area (Å²) in [5.74, 6) is -0.256. The molecule has 176 valence electrons. The van der Waals surface area contributed by atoms with E-state index in [4.69, 9.17) is 9.72 Å². The highest BCUT2D eigenvalue weighted by molar-refractivity contribution is 6.03. The predicted octanol–water partition coefficient (Wildman–Crippen LogP) is 4.89. The van der Waals surface area contributed by atoms with E-state index in [9.17, 15) is 9.59 Å². The number of pyridine rings is 1. The van der Waals surface area contributed by atoms with Crippen molar-refractivity contribution < 1.29 is 9.53 Å². The van der Waals surface area contributed by atoms with E-state index >= 15 is 0 Å². The molecule has 0 radical (unpaired) electrons. The average Bonchev–Trinajstić information content (AvgIpc) is 3.27. The molecule has 0 aliphatic carbocycles. The number of aryl methyl sites for hydroxylation is 2. The third kappa shape index (κ3) is 4.19. The van der Waals surface area contributed by atoms with Gasteiger partial charge in [0.2, 0.25) is 0 Å².